The van der Waals surface area contributed by atoms with Crippen molar-refractivity contribution in [2.75, 3.05) is 19.6 Å². The lowest BCUT2D eigenvalue weighted by Gasteiger charge is -2.19. The first kappa shape index (κ1) is 18.2. The highest BCUT2D eigenvalue weighted by Gasteiger charge is 2.15. The van der Waals surface area contributed by atoms with Gasteiger partial charge in [0.2, 0.25) is 11.8 Å². The first-order valence-electron chi connectivity index (χ1n) is 6.75. The maximum absolute atomic E-state index is 11.4. The van der Waals surface area contributed by atoms with Crippen LogP contribution in [0.5, 0.6) is 0 Å². The van der Waals surface area contributed by atoms with Gasteiger partial charge in [0.15, 0.2) is 0 Å². The summed E-state index contributed by atoms with van der Waals surface area (Å²) in [4.78, 5) is 33.6. The third-order valence-corrected chi connectivity index (χ3v) is 2.11. The Bertz CT molecular complexity index is 337. The quantitative estimate of drug-likeness (QED) is 0.595. The van der Waals surface area contributed by atoms with E-state index < -0.39 is 11.7 Å². The second-order valence-electron chi connectivity index (χ2n) is 5.23. The van der Waals surface area contributed by atoms with Crippen LogP contribution < -0.4 is 16.0 Å². The summed E-state index contributed by atoms with van der Waals surface area (Å²) >= 11 is 0. The van der Waals surface area contributed by atoms with Crippen molar-refractivity contribution >= 4 is 17.9 Å². The van der Waals surface area contributed by atoms with Gasteiger partial charge < -0.3 is 20.7 Å². The molecule has 20 heavy (non-hydrogen) atoms. The molecule has 0 aliphatic carbocycles. The Hall–Kier alpha value is -1.79. The van der Waals surface area contributed by atoms with Gasteiger partial charge in [-0.25, -0.2) is 4.79 Å². The van der Waals surface area contributed by atoms with Crippen LogP contribution in [0.1, 0.15) is 40.5 Å². The fourth-order valence-corrected chi connectivity index (χ4v) is 1.21. The van der Waals surface area contributed by atoms with Crippen molar-refractivity contribution in [3.63, 3.8) is 0 Å². The molecule has 0 aromatic heterocycles. The van der Waals surface area contributed by atoms with Crippen molar-refractivity contribution in [2.24, 2.45) is 0 Å². The Morgan fingerprint density at radius 3 is 1.95 bits per heavy atom. The van der Waals surface area contributed by atoms with Crippen LogP contribution in [0, 0.1) is 0 Å². The smallest absolute Gasteiger partial charge is 0.407 e. The monoisotopic (exact) mass is 287 g/mol. The van der Waals surface area contributed by atoms with E-state index in [9.17, 15) is 14.4 Å². The highest BCUT2D eigenvalue weighted by atomic mass is 16.6. The molecule has 0 aliphatic rings. The lowest BCUT2D eigenvalue weighted by molar-refractivity contribution is -0.122. The SMILES string of the molecule is CCC(=O)NCCNC(=O)CCNC(=O)OC(C)(C)C. The van der Waals surface area contributed by atoms with Gasteiger partial charge in [0, 0.05) is 32.5 Å². The zero-order chi connectivity index (χ0) is 15.6. The minimum Gasteiger partial charge on any atom is -0.444 e. The van der Waals surface area contributed by atoms with Gasteiger partial charge in [0.25, 0.3) is 0 Å². The predicted octanol–water partition coefficient (Wildman–Crippen LogP) is 0.544. The highest BCUT2D eigenvalue weighted by molar-refractivity contribution is 5.77. The van der Waals surface area contributed by atoms with Crippen LogP contribution in [0.15, 0.2) is 0 Å². The average Bonchev–Trinajstić information content (AvgIpc) is 2.32. The largest absolute Gasteiger partial charge is 0.444 e. The number of rotatable bonds is 7. The molecule has 0 aromatic carbocycles. The summed E-state index contributed by atoms with van der Waals surface area (Å²) in [6, 6.07) is 0. The van der Waals surface area contributed by atoms with E-state index in [4.69, 9.17) is 4.74 Å². The number of carbonyl (C=O) groups is 3. The predicted molar refractivity (Wildman–Crippen MR) is 75.2 cm³/mol. The molecular weight excluding hydrogens is 262 g/mol. The fraction of sp³-hybridized carbons (Fsp3) is 0.769. The van der Waals surface area contributed by atoms with Crippen molar-refractivity contribution in [1.29, 1.82) is 0 Å². The standard InChI is InChI=1S/C13H25N3O4/c1-5-10(17)14-8-9-15-11(18)6-7-16-12(19)20-13(2,3)4/h5-9H2,1-4H3,(H,14,17)(H,15,18)(H,16,19). The van der Waals surface area contributed by atoms with Crippen LogP contribution in [0.25, 0.3) is 0 Å². The first-order valence-corrected chi connectivity index (χ1v) is 6.75. The Balaban J connectivity index is 3.59. The van der Waals surface area contributed by atoms with Crippen molar-refractivity contribution in [1.82, 2.24) is 16.0 Å². The molecule has 0 rings (SSSR count). The minimum atomic E-state index is -0.552. The van der Waals surface area contributed by atoms with Crippen molar-refractivity contribution in [2.45, 2.75) is 46.1 Å². The number of nitrogens with one attached hydrogen (secondary N) is 3. The van der Waals surface area contributed by atoms with E-state index in [-0.39, 0.29) is 24.8 Å². The van der Waals surface area contributed by atoms with Crippen LogP contribution in [0.4, 0.5) is 4.79 Å². The van der Waals surface area contributed by atoms with Crippen LogP contribution in [0.2, 0.25) is 0 Å². The summed E-state index contributed by atoms with van der Waals surface area (Å²) < 4.78 is 5.03. The average molecular weight is 287 g/mol. The maximum atomic E-state index is 11.4. The number of hydrogen-bond acceptors (Lipinski definition) is 4. The molecule has 0 aromatic rings. The summed E-state index contributed by atoms with van der Waals surface area (Å²) in [5.74, 6) is -0.238. The fourth-order valence-electron chi connectivity index (χ4n) is 1.21. The van der Waals surface area contributed by atoms with Crippen LogP contribution in [-0.2, 0) is 14.3 Å². The van der Waals surface area contributed by atoms with Gasteiger partial charge in [-0.2, -0.15) is 0 Å². The molecule has 7 heteroatoms. The summed E-state index contributed by atoms with van der Waals surface area (Å²) in [5.41, 5.74) is -0.552. The number of amides is 3. The first-order chi connectivity index (χ1) is 9.24. The minimum absolute atomic E-state index is 0.0501. The summed E-state index contributed by atoms with van der Waals surface area (Å²) in [5, 5.41) is 7.78. The Morgan fingerprint density at radius 1 is 0.900 bits per heavy atom. The molecule has 0 saturated heterocycles. The molecule has 0 heterocycles. The van der Waals surface area contributed by atoms with E-state index in [1.54, 1.807) is 27.7 Å². The van der Waals surface area contributed by atoms with E-state index >= 15 is 0 Å². The molecule has 0 atom stereocenters. The number of hydrogen-bond donors (Lipinski definition) is 3. The van der Waals surface area contributed by atoms with E-state index in [0.29, 0.717) is 19.5 Å². The number of alkyl carbamates (subject to hydrolysis) is 1. The lowest BCUT2D eigenvalue weighted by atomic mass is 10.2. The van der Waals surface area contributed by atoms with E-state index in [1.165, 1.54) is 0 Å². The molecule has 0 fully saturated rings. The second-order valence-corrected chi connectivity index (χ2v) is 5.23. The molecule has 7 nitrogen and oxygen atoms in total. The summed E-state index contributed by atoms with van der Waals surface area (Å²) in [7, 11) is 0. The third kappa shape index (κ3) is 11.3. The van der Waals surface area contributed by atoms with Crippen molar-refractivity contribution < 1.29 is 19.1 Å². The summed E-state index contributed by atoms with van der Waals surface area (Å²) in [6.07, 6.45) is 0.0508. The van der Waals surface area contributed by atoms with E-state index in [0.717, 1.165) is 0 Å². The molecule has 0 radical (unpaired) electrons. The Morgan fingerprint density at radius 2 is 1.45 bits per heavy atom. The van der Waals surface area contributed by atoms with Crippen LogP contribution in [-0.4, -0.2) is 43.1 Å². The molecule has 0 bridgehead atoms. The Kier molecular flexibility index (Phi) is 8.35. The second kappa shape index (κ2) is 9.17. The summed E-state index contributed by atoms with van der Waals surface area (Å²) in [6.45, 7) is 8.05. The van der Waals surface area contributed by atoms with Gasteiger partial charge in [-0.15, -0.1) is 0 Å². The van der Waals surface area contributed by atoms with Gasteiger partial charge in [0.05, 0.1) is 0 Å². The molecule has 0 saturated carbocycles. The molecule has 0 spiro atoms. The number of carbonyl (C=O) groups excluding carboxylic acids is 3. The van der Waals surface area contributed by atoms with Gasteiger partial charge in [-0.1, -0.05) is 6.92 Å². The van der Waals surface area contributed by atoms with Crippen LogP contribution >= 0.6 is 0 Å². The molecule has 0 aliphatic heterocycles. The number of ether oxygens (including phenoxy) is 1. The Labute approximate surface area is 119 Å². The molecule has 3 N–H and O–H groups in total. The zero-order valence-corrected chi connectivity index (χ0v) is 12.7. The van der Waals surface area contributed by atoms with Crippen molar-refractivity contribution in [3.8, 4) is 0 Å². The van der Waals surface area contributed by atoms with Gasteiger partial charge in [0.1, 0.15) is 5.60 Å². The van der Waals surface area contributed by atoms with Gasteiger partial charge >= 0.3 is 6.09 Å². The molecule has 116 valence electrons. The zero-order valence-electron chi connectivity index (χ0n) is 12.7. The topological polar surface area (TPSA) is 96.5 Å². The molecule has 3 amide bonds. The molecular formula is C13H25N3O4. The third-order valence-electron chi connectivity index (χ3n) is 2.11. The van der Waals surface area contributed by atoms with E-state index in [1.807, 2.05) is 0 Å². The lowest BCUT2D eigenvalue weighted by Crippen LogP contribution is -2.37. The highest BCUT2D eigenvalue weighted by Crippen LogP contribution is 2.06. The van der Waals surface area contributed by atoms with Gasteiger partial charge in [-0.05, 0) is 20.8 Å². The van der Waals surface area contributed by atoms with Crippen molar-refractivity contribution in [3.05, 3.63) is 0 Å². The normalized spacial score (nSPS) is 10.6. The van der Waals surface area contributed by atoms with E-state index in [2.05, 4.69) is 16.0 Å². The van der Waals surface area contributed by atoms with Crippen LogP contribution in [0.3, 0.4) is 0 Å². The van der Waals surface area contributed by atoms with Gasteiger partial charge in [-0.3, -0.25) is 9.59 Å². The maximum Gasteiger partial charge on any atom is 0.407 e. The molecule has 0 unspecified atom stereocenters.